The number of ether oxygens (including phenoxy) is 2. The zero-order valence-electron chi connectivity index (χ0n) is 16.5. The highest BCUT2D eigenvalue weighted by atomic mass is 32.2. The molecule has 2 aliphatic heterocycles. The highest BCUT2D eigenvalue weighted by Crippen LogP contribution is 2.41. The van der Waals surface area contributed by atoms with Crippen LogP contribution in [0.3, 0.4) is 0 Å². The number of aliphatic imine (C=N–C) groups is 2. The Labute approximate surface area is 177 Å². The molecule has 0 radical (unpaired) electrons. The molecule has 0 aliphatic carbocycles. The minimum atomic E-state index is -0.553. The average molecular weight is 424 g/mol. The van der Waals surface area contributed by atoms with Gasteiger partial charge in [-0.05, 0) is 11.6 Å². The monoisotopic (exact) mass is 424 g/mol. The predicted octanol–water partition coefficient (Wildman–Crippen LogP) is 2.12. The van der Waals surface area contributed by atoms with Crippen LogP contribution in [0.2, 0.25) is 0 Å². The first-order valence-corrected chi connectivity index (χ1v) is 10.2. The first-order chi connectivity index (χ1) is 14.5. The molecule has 0 fully saturated rings. The molecule has 154 valence electrons. The number of nitrogens with two attached hydrogens (primary N) is 1. The van der Waals surface area contributed by atoms with E-state index >= 15 is 0 Å². The molecule has 0 aromatic heterocycles. The number of primary amides is 1. The minimum Gasteiger partial charge on any atom is -0.493 e. The number of benzene rings is 2. The van der Waals surface area contributed by atoms with Crippen LogP contribution < -0.4 is 15.2 Å². The molecule has 2 aliphatic rings. The summed E-state index contributed by atoms with van der Waals surface area (Å²) in [6.07, 6.45) is 0.464. The van der Waals surface area contributed by atoms with Crippen LogP contribution in [0.15, 0.2) is 52.4 Å². The zero-order chi connectivity index (χ0) is 21.3. The molecule has 9 heteroatoms. The fourth-order valence-corrected chi connectivity index (χ4v) is 4.24. The van der Waals surface area contributed by atoms with E-state index < -0.39 is 11.9 Å². The summed E-state index contributed by atoms with van der Waals surface area (Å²) < 4.78 is 10.8. The molecule has 0 saturated heterocycles. The molecule has 4 rings (SSSR count). The van der Waals surface area contributed by atoms with Gasteiger partial charge in [0, 0.05) is 18.1 Å². The van der Waals surface area contributed by atoms with Crippen LogP contribution in [0.1, 0.15) is 11.1 Å². The molecule has 2 heterocycles. The lowest BCUT2D eigenvalue weighted by Crippen LogP contribution is -2.45. The van der Waals surface area contributed by atoms with Gasteiger partial charge in [-0.3, -0.25) is 14.5 Å². The summed E-state index contributed by atoms with van der Waals surface area (Å²) in [5.74, 6) is 0.823. The third-order valence-corrected chi connectivity index (χ3v) is 5.80. The molecule has 0 spiro atoms. The number of hydrogen-bond acceptors (Lipinski definition) is 7. The van der Waals surface area contributed by atoms with Crippen molar-refractivity contribution in [3.63, 3.8) is 0 Å². The molecule has 2 aromatic carbocycles. The van der Waals surface area contributed by atoms with Gasteiger partial charge < -0.3 is 15.2 Å². The standard InChI is InChI=1S/C21H20N4O4S/c1-28-16-9-13-14(10-17(16)29-2)23-21(30-11-18(22)26)25-15(20(27)24-19(13)25)8-12-6-4-3-5-7-12/h3-7,9-10,15H,8,11H2,1-2H3,(H2,22,26). The van der Waals surface area contributed by atoms with Gasteiger partial charge in [0.15, 0.2) is 16.7 Å². The summed E-state index contributed by atoms with van der Waals surface area (Å²) in [7, 11) is 3.08. The molecule has 2 aromatic rings. The van der Waals surface area contributed by atoms with Crippen molar-refractivity contribution in [3.05, 3.63) is 53.6 Å². The van der Waals surface area contributed by atoms with E-state index in [9.17, 15) is 9.59 Å². The summed E-state index contributed by atoms with van der Waals surface area (Å²) in [5.41, 5.74) is 7.60. The Morgan fingerprint density at radius 3 is 2.50 bits per heavy atom. The predicted molar refractivity (Wildman–Crippen MR) is 116 cm³/mol. The van der Waals surface area contributed by atoms with E-state index in [1.54, 1.807) is 31.3 Å². The maximum atomic E-state index is 12.9. The van der Waals surface area contributed by atoms with Gasteiger partial charge in [-0.25, -0.2) is 4.99 Å². The van der Waals surface area contributed by atoms with E-state index in [2.05, 4.69) is 4.99 Å². The zero-order valence-corrected chi connectivity index (χ0v) is 17.3. The minimum absolute atomic E-state index is 0.0392. The SMILES string of the molecule is COc1cc2c(cc1OC)C1=NC(=O)C(Cc3ccccc3)N1C(SCC(N)=O)=N2. The summed E-state index contributed by atoms with van der Waals surface area (Å²) >= 11 is 1.18. The lowest BCUT2D eigenvalue weighted by Gasteiger charge is -2.31. The molecule has 2 amide bonds. The number of nitrogens with zero attached hydrogens (tertiary/aromatic N) is 3. The van der Waals surface area contributed by atoms with Crippen molar-refractivity contribution in [2.45, 2.75) is 12.5 Å². The normalized spacial score (nSPS) is 17.1. The van der Waals surface area contributed by atoms with E-state index in [-0.39, 0.29) is 11.7 Å². The van der Waals surface area contributed by atoms with Crippen molar-refractivity contribution in [2.24, 2.45) is 15.7 Å². The molecular weight excluding hydrogens is 404 g/mol. The Balaban J connectivity index is 1.79. The molecule has 8 nitrogen and oxygen atoms in total. The van der Waals surface area contributed by atoms with E-state index in [4.69, 9.17) is 20.2 Å². The number of amides is 2. The van der Waals surface area contributed by atoms with Gasteiger partial charge in [-0.2, -0.15) is 4.99 Å². The van der Waals surface area contributed by atoms with Crippen LogP contribution in [0.5, 0.6) is 11.5 Å². The number of hydrogen-bond donors (Lipinski definition) is 1. The van der Waals surface area contributed by atoms with E-state index in [0.29, 0.717) is 40.2 Å². The number of carbonyl (C=O) groups is 2. The third kappa shape index (κ3) is 3.63. The Morgan fingerprint density at radius 1 is 1.13 bits per heavy atom. The van der Waals surface area contributed by atoms with Gasteiger partial charge in [0.1, 0.15) is 11.9 Å². The lowest BCUT2D eigenvalue weighted by atomic mass is 10.0. The first-order valence-electron chi connectivity index (χ1n) is 9.23. The molecule has 2 N–H and O–H groups in total. The summed E-state index contributed by atoms with van der Waals surface area (Å²) in [5, 5.41) is 0.499. The maximum Gasteiger partial charge on any atom is 0.271 e. The van der Waals surface area contributed by atoms with Crippen LogP contribution in [0.25, 0.3) is 0 Å². The van der Waals surface area contributed by atoms with Crippen molar-refractivity contribution >= 4 is 40.3 Å². The van der Waals surface area contributed by atoms with E-state index in [0.717, 1.165) is 5.56 Å². The van der Waals surface area contributed by atoms with Gasteiger partial charge in [0.25, 0.3) is 5.91 Å². The van der Waals surface area contributed by atoms with Gasteiger partial charge in [0.05, 0.1) is 25.7 Å². The average Bonchev–Trinajstić information content (AvgIpc) is 3.08. The Morgan fingerprint density at radius 2 is 1.83 bits per heavy atom. The highest BCUT2D eigenvalue weighted by Gasteiger charge is 2.42. The number of methoxy groups -OCH3 is 2. The second-order valence-electron chi connectivity index (χ2n) is 6.72. The number of amidine groups is 2. The Hall–Kier alpha value is -3.33. The Bertz CT molecular complexity index is 1070. The van der Waals surface area contributed by atoms with Crippen molar-refractivity contribution in [1.82, 2.24) is 4.90 Å². The highest BCUT2D eigenvalue weighted by molar-refractivity contribution is 8.14. The molecule has 0 saturated carbocycles. The number of thioether (sulfide) groups is 1. The summed E-state index contributed by atoms with van der Waals surface area (Å²) in [6, 6.07) is 12.6. The van der Waals surface area contributed by atoms with Crippen LogP contribution in [0, 0.1) is 0 Å². The molecule has 0 bridgehead atoms. The van der Waals surface area contributed by atoms with Crippen LogP contribution in [-0.2, 0) is 16.0 Å². The molecule has 1 atom stereocenters. The smallest absolute Gasteiger partial charge is 0.271 e. The first kappa shape index (κ1) is 20.0. The largest absolute Gasteiger partial charge is 0.493 e. The Kier molecular flexibility index (Phi) is 5.45. The topological polar surface area (TPSA) is 107 Å². The maximum absolute atomic E-state index is 12.9. The lowest BCUT2D eigenvalue weighted by molar-refractivity contribution is -0.119. The van der Waals surface area contributed by atoms with Crippen LogP contribution >= 0.6 is 11.8 Å². The molecular formula is C21H20N4O4S. The number of rotatable bonds is 6. The van der Waals surface area contributed by atoms with Gasteiger partial charge in [-0.1, -0.05) is 42.1 Å². The molecule has 1 unspecified atom stereocenters. The second-order valence-corrected chi connectivity index (χ2v) is 7.67. The third-order valence-electron chi connectivity index (χ3n) is 4.82. The van der Waals surface area contributed by atoms with Crippen LogP contribution in [-0.4, -0.2) is 53.7 Å². The van der Waals surface area contributed by atoms with Crippen molar-refractivity contribution in [3.8, 4) is 11.5 Å². The number of carbonyl (C=O) groups excluding carboxylic acids is 2. The van der Waals surface area contributed by atoms with E-state index in [1.807, 2.05) is 30.3 Å². The summed E-state index contributed by atoms with van der Waals surface area (Å²) in [4.78, 5) is 35.1. The fraction of sp³-hybridized carbons (Fsp3) is 0.238. The quantitative estimate of drug-likeness (QED) is 0.761. The summed E-state index contributed by atoms with van der Waals surface area (Å²) in [6.45, 7) is 0. The fourth-order valence-electron chi connectivity index (χ4n) is 3.45. The number of fused-ring (bicyclic) bond motifs is 3. The van der Waals surface area contributed by atoms with Gasteiger partial charge in [-0.15, -0.1) is 0 Å². The van der Waals surface area contributed by atoms with Gasteiger partial charge >= 0.3 is 0 Å². The van der Waals surface area contributed by atoms with E-state index in [1.165, 1.54) is 11.8 Å². The van der Waals surface area contributed by atoms with Crippen molar-refractivity contribution in [2.75, 3.05) is 20.0 Å². The second kappa shape index (κ2) is 8.19. The van der Waals surface area contributed by atoms with Crippen molar-refractivity contribution < 1.29 is 19.1 Å². The molecule has 30 heavy (non-hydrogen) atoms. The van der Waals surface area contributed by atoms with Crippen molar-refractivity contribution in [1.29, 1.82) is 0 Å². The van der Waals surface area contributed by atoms with Crippen LogP contribution in [0.4, 0.5) is 5.69 Å². The van der Waals surface area contributed by atoms with Gasteiger partial charge in [0.2, 0.25) is 5.91 Å².